The third kappa shape index (κ3) is 4.87. The van der Waals surface area contributed by atoms with Crippen molar-refractivity contribution < 1.29 is 4.79 Å². The van der Waals surface area contributed by atoms with Crippen LogP contribution in [0.2, 0.25) is 10.0 Å². The molecule has 122 valence electrons. The number of amides is 1. The first-order valence-electron chi connectivity index (χ1n) is 7.94. The van der Waals surface area contributed by atoms with E-state index in [1.807, 2.05) is 24.0 Å². The fourth-order valence-electron chi connectivity index (χ4n) is 2.96. The number of carbonyl (C=O) groups is 1. The van der Waals surface area contributed by atoms with Crippen LogP contribution in [0.15, 0.2) is 18.2 Å². The van der Waals surface area contributed by atoms with Gasteiger partial charge in [0.25, 0.3) is 0 Å². The molecular weight excluding hydrogens is 319 g/mol. The van der Waals surface area contributed by atoms with Crippen molar-refractivity contribution in [2.24, 2.45) is 11.7 Å². The number of benzene rings is 1. The van der Waals surface area contributed by atoms with E-state index in [0.717, 1.165) is 44.3 Å². The van der Waals surface area contributed by atoms with E-state index in [1.165, 1.54) is 0 Å². The van der Waals surface area contributed by atoms with Gasteiger partial charge in [0.1, 0.15) is 0 Å². The first kappa shape index (κ1) is 17.6. The van der Waals surface area contributed by atoms with Crippen LogP contribution in [0.4, 0.5) is 0 Å². The normalized spacial score (nSPS) is 20.0. The van der Waals surface area contributed by atoms with Gasteiger partial charge in [-0.15, -0.1) is 0 Å². The quantitative estimate of drug-likeness (QED) is 0.881. The van der Waals surface area contributed by atoms with Crippen LogP contribution >= 0.6 is 23.2 Å². The largest absolute Gasteiger partial charge is 0.342 e. The SMILES string of the molecule is CC(N)C1CCCN(C(=O)CCCc2ccc(Cl)c(Cl)c2)C1. The van der Waals surface area contributed by atoms with Crippen LogP contribution in [0.25, 0.3) is 0 Å². The van der Waals surface area contributed by atoms with Gasteiger partial charge < -0.3 is 10.6 Å². The Balaban J connectivity index is 1.78. The molecule has 2 unspecified atom stereocenters. The molecule has 2 atom stereocenters. The van der Waals surface area contributed by atoms with Gasteiger partial charge in [-0.05, 0) is 56.2 Å². The van der Waals surface area contributed by atoms with Gasteiger partial charge in [0, 0.05) is 25.6 Å². The van der Waals surface area contributed by atoms with Crippen molar-refractivity contribution in [2.45, 2.75) is 45.1 Å². The molecule has 1 aliphatic heterocycles. The lowest BCUT2D eigenvalue weighted by atomic mass is 9.92. The lowest BCUT2D eigenvalue weighted by molar-refractivity contribution is -0.133. The van der Waals surface area contributed by atoms with Crippen LogP contribution in [0, 0.1) is 5.92 Å². The third-order valence-corrected chi connectivity index (χ3v) is 5.13. The maximum absolute atomic E-state index is 12.3. The Kier molecular flexibility index (Phi) is 6.54. The molecule has 0 bridgehead atoms. The van der Waals surface area contributed by atoms with Gasteiger partial charge in [-0.25, -0.2) is 0 Å². The molecule has 1 saturated heterocycles. The van der Waals surface area contributed by atoms with Crippen LogP contribution in [0.3, 0.4) is 0 Å². The molecule has 5 heteroatoms. The first-order chi connectivity index (χ1) is 10.5. The molecule has 1 aromatic carbocycles. The summed E-state index contributed by atoms with van der Waals surface area (Å²) in [6, 6.07) is 5.80. The molecular formula is C17H24Cl2N2O. The standard InChI is InChI=1S/C17H24Cl2N2O/c1-12(20)14-5-3-9-21(11-14)17(22)6-2-4-13-7-8-15(18)16(19)10-13/h7-8,10,12,14H,2-6,9,11,20H2,1H3. The number of piperidine rings is 1. The van der Waals surface area contributed by atoms with Crippen molar-refractivity contribution in [3.8, 4) is 0 Å². The van der Waals surface area contributed by atoms with E-state index >= 15 is 0 Å². The van der Waals surface area contributed by atoms with Gasteiger partial charge in [-0.3, -0.25) is 4.79 Å². The molecule has 1 aliphatic rings. The van der Waals surface area contributed by atoms with Gasteiger partial charge in [-0.1, -0.05) is 29.3 Å². The third-order valence-electron chi connectivity index (χ3n) is 4.39. The highest BCUT2D eigenvalue weighted by atomic mass is 35.5. The highest BCUT2D eigenvalue weighted by Gasteiger charge is 2.25. The van der Waals surface area contributed by atoms with Gasteiger partial charge in [-0.2, -0.15) is 0 Å². The Morgan fingerprint density at radius 2 is 2.18 bits per heavy atom. The summed E-state index contributed by atoms with van der Waals surface area (Å²) in [4.78, 5) is 14.3. The molecule has 0 aromatic heterocycles. The molecule has 0 aliphatic carbocycles. The van der Waals surface area contributed by atoms with E-state index in [2.05, 4.69) is 0 Å². The van der Waals surface area contributed by atoms with Crippen LogP contribution in [0.5, 0.6) is 0 Å². The van der Waals surface area contributed by atoms with E-state index in [-0.39, 0.29) is 11.9 Å². The number of rotatable bonds is 5. The van der Waals surface area contributed by atoms with Gasteiger partial charge in [0.2, 0.25) is 5.91 Å². The lowest BCUT2D eigenvalue weighted by Crippen LogP contribution is -2.45. The molecule has 1 fully saturated rings. The van der Waals surface area contributed by atoms with Crippen molar-refractivity contribution in [1.29, 1.82) is 0 Å². The molecule has 2 rings (SSSR count). The predicted molar refractivity (Wildman–Crippen MR) is 92.4 cm³/mol. The van der Waals surface area contributed by atoms with Crippen LogP contribution in [-0.2, 0) is 11.2 Å². The van der Waals surface area contributed by atoms with E-state index in [4.69, 9.17) is 28.9 Å². The highest BCUT2D eigenvalue weighted by Crippen LogP contribution is 2.24. The second-order valence-corrected chi connectivity index (χ2v) is 7.02. The summed E-state index contributed by atoms with van der Waals surface area (Å²) >= 11 is 11.9. The fourth-order valence-corrected chi connectivity index (χ4v) is 3.28. The summed E-state index contributed by atoms with van der Waals surface area (Å²) in [7, 11) is 0. The Bertz CT molecular complexity index is 519. The minimum absolute atomic E-state index is 0.159. The molecule has 0 radical (unpaired) electrons. The molecule has 0 saturated carbocycles. The molecule has 3 nitrogen and oxygen atoms in total. The highest BCUT2D eigenvalue weighted by molar-refractivity contribution is 6.42. The Hall–Kier alpha value is -0.770. The molecule has 1 amide bonds. The second-order valence-electron chi connectivity index (χ2n) is 6.20. The summed E-state index contributed by atoms with van der Waals surface area (Å²) in [5, 5.41) is 1.14. The molecule has 0 spiro atoms. The van der Waals surface area contributed by atoms with Crippen LogP contribution < -0.4 is 5.73 Å². The van der Waals surface area contributed by atoms with Gasteiger partial charge >= 0.3 is 0 Å². The predicted octanol–water partition coefficient (Wildman–Crippen LogP) is 3.90. The second kappa shape index (κ2) is 8.19. The van der Waals surface area contributed by atoms with Crippen molar-refractivity contribution in [1.82, 2.24) is 4.90 Å². The average Bonchev–Trinajstić information content (AvgIpc) is 2.51. The zero-order valence-corrected chi connectivity index (χ0v) is 14.5. The number of nitrogens with zero attached hydrogens (tertiary/aromatic N) is 1. The number of likely N-dealkylation sites (tertiary alicyclic amines) is 1. The Labute approximate surface area is 142 Å². The molecule has 1 aromatic rings. The van der Waals surface area contributed by atoms with Gasteiger partial charge in [0.15, 0.2) is 0 Å². The fraction of sp³-hybridized carbons (Fsp3) is 0.588. The summed E-state index contributed by atoms with van der Waals surface area (Å²) in [6.07, 6.45) is 4.44. The van der Waals surface area contributed by atoms with Crippen molar-refractivity contribution in [2.75, 3.05) is 13.1 Å². The number of halogens is 2. The van der Waals surface area contributed by atoms with E-state index in [9.17, 15) is 4.79 Å². The number of hydrogen-bond donors (Lipinski definition) is 1. The number of nitrogens with two attached hydrogens (primary N) is 1. The molecule has 22 heavy (non-hydrogen) atoms. The van der Waals surface area contributed by atoms with Crippen molar-refractivity contribution in [3.05, 3.63) is 33.8 Å². The number of aryl methyl sites for hydroxylation is 1. The first-order valence-corrected chi connectivity index (χ1v) is 8.70. The summed E-state index contributed by atoms with van der Waals surface area (Å²) in [5.74, 6) is 0.679. The van der Waals surface area contributed by atoms with E-state index in [0.29, 0.717) is 22.4 Å². The van der Waals surface area contributed by atoms with Crippen molar-refractivity contribution >= 4 is 29.1 Å². The topological polar surface area (TPSA) is 46.3 Å². The van der Waals surface area contributed by atoms with Crippen LogP contribution in [-0.4, -0.2) is 29.9 Å². The Morgan fingerprint density at radius 3 is 2.86 bits per heavy atom. The maximum Gasteiger partial charge on any atom is 0.222 e. The monoisotopic (exact) mass is 342 g/mol. The molecule has 1 heterocycles. The maximum atomic E-state index is 12.3. The van der Waals surface area contributed by atoms with Gasteiger partial charge in [0.05, 0.1) is 10.0 Å². The minimum Gasteiger partial charge on any atom is -0.342 e. The molecule has 2 N–H and O–H groups in total. The average molecular weight is 343 g/mol. The summed E-state index contributed by atoms with van der Waals surface area (Å²) in [5.41, 5.74) is 7.09. The summed E-state index contributed by atoms with van der Waals surface area (Å²) < 4.78 is 0. The number of hydrogen-bond acceptors (Lipinski definition) is 2. The zero-order valence-electron chi connectivity index (χ0n) is 13.0. The smallest absolute Gasteiger partial charge is 0.222 e. The Morgan fingerprint density at radius 1 is 1.41 bits per heavy atom. The number of carbonyl (C=O) groups excluding carboxylic acids is 1. The van der Waals surface area contributed by atoms with E-state index in [1.54, 1.807) is 6.07 Å². The van der Waals surface area contributed by atoms with Crippen LogP contribution in [0.1, 0.15) is 38.2 Å². The lowest BCUT2D eigenvalue weighted by Gasteiger charge is -2.34. The zero-order chi connectivity index (χ0) is 16.1. The minimum atomic E-state index is 0.159. The van der Waals surface area contributed by atoms with Crippen molar-refractivity contribution in [3.63, 3.8) is 0 Å². The summed E-state index contributed by atoms with van der Waals surface area (Å²) in [6.45, 7) is 3.71. The van der Waals surface area contributed by atoms with E-state index < -0.39 is 0 Å².